The van der Waals surface area contributed by atoms with Crippen LogP contribution in [0.4, 0.5) is 17.6 Å². The highest BCUT2D eigenvalue weighted by atomic mass is 19.4. The van der Waals surface area contributed by atoms with Crippen LogP contribution in [0.1, 0.15) is 80.4 Å². The van der Waals surface area contributed by atoms with Crippen LogP contribution >= 0.6 is 0 Å². The van der Waals surface area contributed by atoms with Crippen LogP contribution < -0.4 is 0 Å². The van der Waals surface area contributed by atoms with Gasteiger partial charge in [0.15, 0.2) is 0 Å². The largest absolute Gasteiger partial charge is 0.481 e. The molecule has 0 radical (unpaired) electrons. The van der Waals surface area contributed by atoms with Crippen molar-refractivity contribution in [3.05, 3.63) is 59.2 Å². The first kappa shape index (κ1) is 27.6. The molecule has 2 fully saturated rings. The van der Waals surface area contributed by atoms with E-state index in [-0.39, 0.29) is 30.8 Å². The molecule has 1 aromatic heterocycles. The Morgan fingerprint density at radius 1 is 1.03 bits per heavy atom. The molecule has 0 spiro atoms. The minimum absolute atomic E-state index is 0.00668. The van der Waals surface area contributed by atoms with Crippen LogP contribution in [-0.4, -0.2) is 44.5 Å². The Morgan fingerprint density at radius 3 is 2.44 bits per heavy atom. The second-order valence-electron chi connectivity index (χ2n) is 11.3. The summed E-state index contributed by atoms with van der Waals surface area (Å²) in [4.78, 5) is 13.6. The molecule has 210 valence electrons. The molecule has 0 aliphatic heterocycles. The second-order valence-corrected chi connectivity index (χ2v) is 11.3. The molecule has 6 nitrogen and oxygen atoms in total. The van der Waals surface area contributed by atoms with Crippen molar-refractivity contribution in [1.29, 1.82) is 0 Å². The lowest BCUT2D eigenvalue weighted by molar-refractivity contribution is -0.139. The second kappa shape index (κ2) is 11.2. The van der Waals surface area contributed by atoms with Crippen molar-refractivity contribution >= 4 is 17.0 Å². The van der Waals surface area contributed by atoms with Gasteiger partial charge in [-0.1, -0.05) is 37.5 Å². The Balaban J connectivity index is 1.48. The Kier molecular flexibility index (Phi) is 7.94. The molecule has 3 atom stereocenters. The molecule has 0 saturated heterocycles. The highest BCUT2D eigenvalue weighted by Gasteiger charge is 2.41. The summed E-state index contributed by atoms with van der Waals surface area (Å²) in [5.74, 6) is -1.21. The predicted molar refractivity (Wildman–Crippen MR) is 137 cm³/mol. The molecular weight excluding hydrogens is 514 g/mol. The van der Waals surface area contributed by atoms with Gasteiger partial charge in [-0.2, -0.15) is 13.2 Å². The molecule has 1 N–H and O–H groups in total. The van der Waals surface area contributed by atoms with E-state index in [2.05, 4.69) is 15.2 Å². The number of rotatable bonds is 8. The topological polar surface area (TPSA) is 79.5 Å². The van der Waals surface area contributed by atoms with Crippen LogP contribution in [0.15, 0.2) is 47.1 Å². The normalized spacial score (nSPS) is 23.8. The number of halogens is 4. The average Bonchev–Trinajstić information content (AvgIpc) is 3.36. The van der Waals surface area contributed by atoms with Crippen molar-refractivity contribution in [2.75, 3.05) is 6.54 Å². The highest BCUT2D eigenvalue weighted by molar-refractivity contribution is 5.73. The quantitative estimate of drug-likeness (QED) is 0.302. The number of hydrogen-bond donors (Lipinski definition) is 1. The van der Waals surface area contributed by atoms with Gasteiger partial charge in [0.25, 0.3) is 0 Å². The first-order valence-corrected chi connectivity index (χ1v) is 13.6. The zero-order valence-electron chi connectivity index (χ0n) is 21.7. The van der Waals surface area contributed by atoms with E-state index in [0.29, 0.717) is 49.7 Å². The maximum atomic E-state index is 16.2. The lowest BCUT2D eigenvalue weighted by atomic mass is 9.72. The standard InChI is InChI=1S/C29H33F4N3O3/c30-28(12-2-1-3-13-28)18-36(17-20-4-10-24-25(15-20)35-39-34-24)26-11-5-19(16-27(37)38)14-23(26)21-6-8-22(9-7-21)29(31,32)33/h4,6-10,15,19,23,26H,1-3,5,11-14,16-18H2,(H,37,38)/t19-,23+,26-/m1/s1. The van der Waals surface area contributed by atoms with Crippen LogP contribution in [0, 0.1) is 5.92 Å². The van der Waals surface area contributed by atoms with E-state index < -0.39 is 23.4 Å². The van der Waals surface area contributed by atoms with E-state index in [0.717, 1.165) is 42.5 Å². The molecule has 10 heteroatoms. The third-order valence-corrected chi connectivity index (χ3v) is 8.46. The van der Waals surface area contributed by atoms with Gasteiger partial charge >= 0.3 is 12.1 Å². The van der Waals surface area contributed by atoms with Crippen LogP contribution in [0.3, 0.4) is 0 Å². The Labute approximate surface area is 224 Å². The fourth-order valence-electron chi connectivity index (χ4n) is 6.55. The molecule has 2 aromatic carbocycles. The monoisotopic (exact) mass is 547 g/mol. The van der Waals surface area contributed by atoms with Crippen molar-refractivity contribution in [2.24, 2.45) is 5.92 Å². The SMILES string of the molecule is O=C(O)C[C@@H]1CC[C@@H](N(Cc2ccc3nonc3c2)CC2(F)CCCCC2)[C@H](c2ccc(C(F)(F)F)cc2)C1. The molecule has 5 rings (SSSR count). The number of aromatic nitrogens is 2. The maximum Gasteiger partial charge on any atom is 0.416 e. The maximum absolute atomic E-state index is 16.2. The zero-order valence-corrected chi connectivity index (χ0v) is 21.7. The highest BCUT2D eigenvalue weighted by Crippen LogP contribution is 2.43. The molecule has 1 heterocycles. The van der Waals surface area contributed by atoms with Crippen LogP contribution in [0.25, 0.3) is 11.0 Å². The number of hydrogen-bond acceptors (Lipinski definition) is 5. The fraction of sp³-hybridized carbons (Fsp3) is 0.552. The van der Waals surface area contributed by atoms with Crippen LogP contribution in [-0.2, 0) is 17.5 Å². The minimum atomic E-state index is -4.45. The van der Waals surface area contributed by atoms with Gasteiger partial charge in [0, 0.05) is 25.6 Å². The lowest BCUT2D eigenvalue weighted by Gasteiger charge is -2.45. The number of carboxylic acids is 1. The first-order valence-electron chi connectivity index (χ1n) is 13.6. The molecule has 0 amide bonds. The molecular formula is C29H33F4N3O3. The van der Waals surface area contributed by atoms with Crippen molar-refractivity contribution in [3.8, 4) is 0 Å². The van der Waals surface area contributed by atoms with E-state index in [1.165, 1.54) is 12.1 Å². The van der Waals surface area contributed by atoms with E-state index in [1.54, 1.807) is 0 Å². The van der Waals surface area contributed by atoms with E-state index >= 15 is 4.39 Å². The summed E-state index contributed by atoms with van der Waals surface area (Å²) >= 11 is 0. The smallest absolute Gasteiger partial charge is 0.416 e. The number of fused-ring (bicyclic) bond motifs is 1. The third kappa shape index (κ3) is 6.59. The molecule has 2 aliphatic rings. The van der Waals surface area contributed by atoms with Gasteiger partial charge in [-0.05, 0) is 89.6 Å². The summed E-state index contributed by atoms with van der Waals surface area (Å²) in [6, 6.07) is 10.6. The number of benzene rings is 2. The van der Waals surface area contributed by atoms with Crippen molar-refractivity contribution in [1.82, 2.24) is 15.2 Å². The van der Waals surface area contributed by atoms with Crippen LogP contribution in [0.2, 0.25) is 0 Å². The number of alkyl halides is 4. The summed E-state index contributed by atoms with van der Waals surface area (Å²) in [6.45, 7) is 0.646. The van der Waals surface area contributed by atoms with Gasteiger partial charge in [-0.25, -0.2) is 9.02 Å². The van der Waals surface area contributed by atoms with Gasteiger partial charge in [0.05, 0.1) is 5.56 Å². The first-order chi connectivity index (χ1) is 18.6. The summed E-state index contributed by atoms with van der Waals surface area (Å²) in [6.07, 6.45) is 1.00. The molecule has 0 bridgehead atoms. The number of aliphatic carboxylic acids is 1. The van der Waals surface area contributed by atoms with Gasteiger partial charge < -0.3 is 5.11 Å². The molecule has 2 saturated carbocycles. The zero-order chi connectivity index (χ0) is 27.6. The van der Waals surface area contributed by atoms with Gasteiger partial charge in [0.2, 0.25) is 0 Å². The van der Waals surface area contributed by atoms with E-state index in [1.807, 2.05) is 18.2 Å². The van der Waals surface area contributed by atoms with Crippen molar-refractivity contribution in [3.63, 3.8) is 0 Å². The lowest BCUT2D eigenvalue weighted by Crippen LogP contribution is -2.49. The number of carbonyl (C=O) groups is 1. The van der Waals surface area contributed by atoms with Crippen molar-refractivity contribution in [2.45, 2.75) is 88.1 Å². The van der Waals surface area contributed by atoms with Gasteiger partial charge in [-0.3, -0.25) is 9.69 Å². The van der Waals surface area contributed by atoms with Gasteiger partial charge in [0.1, 0.15) is 16.7 Å². The summed E-state index contributed by atoms with van der Waals surface area (Å²) in [5.41, 5.74) is 0.788. The van der Waals surface area contributed by atoms with E-state index in [4.69, 9.17) is 4.63 Å². The van der Waals surface area contributed by atoms with Crippen LogP contribution in [0.5, 0.6) is 0 Å². The predicted octanol–water partition coefficient (Wildman–Crippen LogP) is 7.14. The number of nitrogens with zero attached hydrogens (tertiary/aromatic N) is 3. The Hall–Kier alpha value is -3.01. The minimum Gasteiger partial charge on any atom is -0.481 e. The third-order valence-electron chi connectivity index (χ3n) is 8.46. The fourth-order valence-corrected chi connectivity index (χ4v) is 6.55. The molecule has 3 aromatic rings. The van der Waals surface area contributed by atoms with Gasteiger partial charge in [-0.15, -0.1) is 0 Å². The molecule has 0 unspecified atom stereocenters. The Morgan fingerprint density at radius 2 is 1.74 bits per heavy atom. The summed E-state index contributed by atoms with van der Waals surface area (Å²) in [7, 11) is 0. The molecule has 39 heavy (non-hydrogen) atoms. The van der Waals surface area contributed by atoms with Crippen molar-refractivity contribution < 1.29 is 32.1 Å². The summed E-state index contributed by atoms with van der Waals surface area (Å²) in [5, 5.41) is 17.2. The summed E-state index contributed by atoms with van der Waals surface area (Å²) < 4.78 is 60.8. The molecule has 2 aliphatic carbocycles. The number of carboxylic acid groups (broad SMARTS) is 1. The van der Waals surface area contributed by atoms with E-state index in [9.17, 15) is 23.1 Å². The Bertz CT molecular complexity index is 1270. The average molecular weight is 548 g/mol.